The zero-order chi connectivity index (χ0) is 22.6. The van der Waals surface area contributed by atoms with Crippen LogP contribution in [0.2, 0.25) is 0 Å². The molecule has 0 fully saturated rings. The Morgan fingerprint density at radius 3 is 1.28 bits per heavy atom. The van der Waals surface area contributed by atoms with E-state index in [9.17, 15) is 27.2 Å². The lowest BCUT2D eigenvalue weighted by molar-refractivity contribution is 0.501. The highest BCUT2D eigenvalue weighted by Gasteiger charge is 2.15. The van der Waals surface area contributed by atoms with E-state index >= 15 is 0 Å². The van der Waals surface area contributed by atoms with Gasteiger partial charge in [-0.05, 0) is 36.4 Å². The van der Waals surface area contributed by atoms with Crippen LogP contribution in [0.1, 0.15) is 0 Å². The molecule has 0 atom stereocenters. The van der Waals surface area contributed by atoms with Gasteiger partial charge in [-0.3, -0.25) is 0 Å². The van der Waals surface area contributed by atoms with Crippen molar-refractivity contribution in [3.63, 3.8) is 0 Å². The molecule has 0 N–H and O–H groups in total. The highest BCUT2D eigenvalue weighted by atomic mass is 19.2. The minimum Gasteiger partial charge on any atom is -0.403 e. The van der Waals surface area contributed by atoms with Crippen LogP contribution in [-0.2, 0) is 0 Å². The van der Waals surface area contributed by atoms with E-state index in [0.717, 1.165) is 12.1 Å². The molecule has 0 saturated heterocycles. The summed E-state index contributed by atoms with van der Waals surface area (Å²) in [5, 5.41) is -0.426. The van der Waals surface area contributed by atoms with Crippen LogP contribution in [0.15, 0.2) is 67.0 Å². The zero-order valence-corrected chi connectivity index (χ0v) is 15.7. The lowest BCUT2D eigenvalue weighted by Gasteiger charge is -2.05. The van der Waals surface area contributed by atoms with E-state index in [0.29, 0.717) is 23.3 Å². The van der Waals surface area contributed by atoms with Crippen LogP contribution in [-0.4, -0.2) is 9.97 Å². The molecule has 5 rings (SSSR count). The number of fused-ring (bicyclic) bond motifs is 2. The molecule has 3 aromatic carbocycles. The third kappa shape index (κ3) is 3.22. The molecular weight excluding hydrogens is 432 g/mol. The summed E-state index contributed by atoms with van der Waals surface area (Å²) in [6.45, 7) is 0. The molecule has 5 aromatic rings. The highest BCUT2D eigenvalue weighted by molar-refractivity contribution is 5.80. The molecule has 2 aromatic heterocycles. The van der Waals surface area contributed by atoms with Gasteiger partial charge in [-0.2, -0.15) is 0 Å². The number of halogens is 4. The van der Waals surface area contributed by atoms with Crippen molar-refractivity contribution in [2.24, 2.45) is 0 Å². The SMILES string of the molecule is O=c1oc(-c2ccc(-c3nc4cc(F)c(F)cc4c(=O)o3)cc2)nc2cc(F)c(F)cc12. The first kappa shape index (κ1) is 19.6. The van der Waals surface area contributed by atoms with Gasteiger partial charge in [0.1, 0.15) is 0 Å². The van der Waals surface area contributed by atoms with Crippen LogP contribution in [0, 0.1) is 23.3 Å². The molecule has 0 aliphatic rings. The first-order valence-electron chi connectivity index (χ1n) is 9.01. The van der Waals surface area contributed by atoms with E-state index in [1.807, 2.05) is 0 Å². The van der Waals surface area contributed by atoms with Gasteiger partial charge in [0.05, 0.1) is 21.8 Å². The number of nitrogens with zero attached hydrogens (tertiary/aromatic N) is 2. The van der Waals surface area contributed by atoms with E-state index in [-0.39, 0.29) is 33.6 Å². The van der Waals surface area contributed by atoms with Gasteiger partial charge in [-0.15, -0.1) is 0 Å². The molecule has 0 radical (unpaired) electrons. The molecule has 0 saturated carbocycles. The first-order valence-corrected chi connectivity index (χ1v) is 9.01. The monoisotopic (exact) mass is 440 g/mol. The maximum atomic E-state index is 13.5. The normalized spacial score (nSPS) is 11.4. The molecule has 0 aliphatic carbocycles. The second kappa shape index (κ2) is 7.12. The molecule has 158 valence electrons. The number of aromatic nitrogens is 2. The van der Waals surface area contributed by atoms with Crippen LogP contribution in [0.25, 0.3) is 44.7 Å². The lowest BCUT2D eigenvalue weighted by atomic mass is 10.1. The maximum Gasteiger partial charge on any atom is 0.347 e. The van der Waals surface area contributed by atoms with E-state index < -0.39 is 34.5 Å². The van der Waals surface area contributed by atoms with Gasteiger partial charge in [0, 0.05) is 23.3 Å². The quantitative estimate of drug-likeness (QED) is 0.374. The Labute approximate surface area is 174 Å². The van der Waals surface area contributed by atoms with Gasteiger partial charge in [0.15, 0.2) is 23.3 Å². The maximum absolute atomic E-state index is 13.5. The van der Waals surface area contributed by atoms with Crippen LogP contribution < -0.4 is 11.3 Å². The fraction of sp³-hybridized carbons (Fsp3) is 0. The first-order chi connectivity index (χ1) is 15.3. The van der Waals surface area contributed by atoms with Crippen molar-refractivity contribution >= 4 is 21.8 Å². The van der Waals surface area contributed by atoms with Gasteiger partial charge >= 0.3 is 11.3 Å². The molecule has 0 aliphatic heterocycles. The van der Waals surface area contributed by atoms with Gasteiger partial charge in [-0.1, -0.05) is 0 Å². The molecule has 0 amide bonds. The molecule has 0 spiro atoms. The average Bonchev–Trinajstić information content (AvgIpc) is 2.76. The van der Waals surface area contributed by atoms with E-state index in [2.05, 4.69) is 9.97 Å². The summed E-state index contributed by atoms with van der Waals surface area (Å²) >= 11 is 0. The van der Waals surface area contributed by atoms with Crippen molar-refractivity contribution in [1.29, 1.82) is 0 Å². The predicted octanol–water partition coefficient (Wildman–Crippen LogP) is 4.58. The summed E-state index contributed by atoms with van der Waals surface area (Å²) in [6, 6.07) is 8.83. The predicted molar refractivity (Wildman–Crippen MR) is 105 cm³/mol. The summed E-state index contributed by atoms with van der Waals surface area (Å²) in [7, 11) is 0. The summed E-state index contributed by atoms with van der Waals surface area (Å²) in [4.78, 5) is 32.3. The minimum atomic E-state index is -1.20. The Hall–Kier alpha value is -4.34. The molecule has 0 unspecified atom stereocenters. The zero-order valence-electron chi connectivity index (χ0n) is 15.7. The molecule has 2 heterocycles. The molecule has 0 bridgehead atoms. The third-order valence-electron chi connectivity index (χ3n) is 4.72. The Kier molecular flexibility index (Phi) is 4.36. The van der Waals surface area contributed by atoms with Crippen LogP contribution >= 0.6 is 0 Å². The molecule has 6 nitrogen and oxygen atoms in total. The molecule has 10 heteroatoms. The Morgan fingerprint density at radius 1 is 0.562 bits per heavy atom. The Morgan fingerprint density at radius 2 is 0.906 bits per heavy atom. The minimum absolute atomic E-state index is 0.0873. The second-order valence-corrected chi connectivity index (χ2v) is 6.76. The van der Waals surface area contributed by atoms with Crippen molar-refractivity contribution in [2.75, 3.05) is 0 Å². The topological polar surface area (TPSA) is 86.2 Å². The van der Waals surface area contributed by atoms with Crippen molar-refractivity contribution in [3.8, 4) is 22.9 Å². The number of hydrogen-bond donors (Lipinski definition) is 0. The average molecular weight is 440 g/mol. The Balaban J connectivity index is 1.57. The smallest absolute Gasteiger partial charge is 0.347 e. The lowest BCUT2D eigenvalue weighted by Crippen LogP contribution is -2.05. The van der Waals surface area contributed by atoms with E-state index in [1.165, 1.54) is 24.3 Å². The van der Waals surface area contributed by atoms with Gasteiger partial charge < -0.3 is 8.83 Å². The van der Waals surface area contributed by atoms with Crippen LogP contribution in [0.5, 0.6) is 0 Å². The summed E-state index contributed by atoms with van der Waals surface area (Å²) in [5.74, 6) is -5.02. The largest absolute Gasteiger partial charge is 0.403 e. The fourth-order valence-electron chi connectivity index (χ4n) is 3.14. The fourth-order valence-corrected chi connectivity index (χ4v) is 3.14. The van der Waals surface area contributed by atoms with Gasteiger partial charge in [0.2, 0.25) is 11.8 Å². The van der Waals surface area contributed by atoms with Crippen molar-refractivity contribution in [2.45, 2.75) is 0 Å². The second-order valence-electron chi connectivity index (χ2n) is 6.76. The van der Waals surface area contributed by atoms with E-state index in [4.69, 9.17) is 8.83 Å². The third-order valence-corrected chi connectivity index (χ3v) is 4.72. The van der Waals surface area contributed by atoms with Gasteiger partial charge in [0.25, 0.3) is 0 Å². The summed E-state index contributed by atoms with van der Waals surface area (Å²) in [5.41, 5.74) is -1.34. The van der Waals surface area contributed by atoms with Gasteiger partial charge in [-0.25, -0.2) is 37.1 Å². The number of hydrogen-bond acceptors (Lipinski definition) is 6. The summed E-state index contributed by atoms with van der Waals surface area (Å²) in [6.07, 6.45) is 0. The van der Waals surface area contributed by atoms with Crippen LogP contribution in [0.3, 0.4) is 0 Å². The summed E-state index contributed by atoms with van der Waals surface area (Å²) < 4.78 is 63.9. The molecule has 32 heavy (non-hydrogen) atoms. The van der Waals surface area contributed by atoms with E-state index in [1.54, 1.807) is 0 Å². The van der Waals surface area contributed by atoms with Crippen molar-refractivity contribution in [1.82, 2.24) is 9.97 Å². The molecular formula is C22H8F4N2O4. The Bertz CT molecular complexity index is 1540. The van der Waals surface area contributed by atoms with Crippen molar-refractivity contribution in [3.05, 3.63) is 92.6 Å². The van der Waals surface area contributed by atoms with Crippen LogP contribution in [0.4, 0.5) is 17.6 Å². The van der Waals surface area contributed by atoms with Crippen molar-refractivity contribution < 1.29 is 26.4 Å². The number of rotatable bonds is 2. The number of benzene rings is 3. The highest BCUT2D eigenvalue weighted by Crippen LogP contribution is 2.25. The standard InChI is InChI=1S/C22H8F4N2O4/c23-13-5-11-17(7-15(13)25)27-19(31-21(11)29)9-1-2-10(4-3-9)20-28-18-8-16(26)14(24)6-12(18)22(30)32-20/h1-8H.